The van der Waals surface area contributed by atoms with Gasteiger partial charge in [0.05, 0.1) is 30.1 Å². The molecule has 0 amide bonds. The van der Waals surface area contributed by atoms with E-state index in [1.807, 2.05) is 0 Å². The molecule has 0 aliphatic rings. The van der Waals surface area contributed by atoms with Crippen LogP contribution < -0.4 is 0 Å². The molecular weight excluding hydrogens is 288 g/mol. The number of hydrogen-bond donors (Lipinski definition) is 1. The van der Waals surface area contributed by atoms with Crippen LogP contribution in [-0.2, 0) is 17.7 Å². The molecule has 5 heteroatoms. The second-order valence-corrected chi connectivity index (χ2v) is 5.72. The van der Waals surface area contributed by atoms with Crippen molar-refractivity contribution in [2.45, 2.75) is 32.9 Å². The number of rotatable bonds is 6. The number of aryl methyl sites for hydroxylation is 2. The van der Waals surface area contributed by atoms with Crippen LogP contribution in [-0.4, -0.2) is 28.6 Å². The number of aliphatic hydroxyl groups is 1. The fourth-order valence-electron chi connectivity index (χ4n) is 2.57. The first-order chi connectivity index (χ1) is 10.0. The quantitative estimate of drug-likeness (QED) is 0.892. The standard InChI is InChI=1S/C16H21ClN2O2/c1-11-6-12(2)8-13(7-11)9-15(20)16-14(17)10-18-19(16)4-5-21-3/h6-8,10,15,20H,4-5,9H2,1-3H3. The molecule has 0 radical (unpaired) electrons. The Hall–Kier alpha value is -1.36. The molecule has 0 aliphatic carbocycles. The molecule has 0 aliphatic heterocycles. The molecule has 0 spiro atoms. The minimum atomic E-state index is -0.682. The monoisotopic (exact) mass is 308 g/mol. The number of nitrogens with zero attached hydrogens (tertiary/aromatic N) is 2. The lowest BCUT2D eigenvalue weighted by Gasteiger charge is -2.15. The third-order valence-electron chi connectivity index (χ3n) is 3.37. The summed E-state index contributed by atoms with van der Waals surface area (Å²) < 4.78 is 6.76. The van der Waals surface area contributed by atoms with Gasteiger partial charge in [0, 0.05) is 13.5 Å². The van der Waals surface area contributed by atoms with Gasteiger partial charge in [-0.2, -0.15) is 5.10 Å². The van der Waals surface area contributed by atoms with Crippen LogP contribution in [0.25, 0.3) is 0 Å². The second kappa shape index (κ2) is 7.07. The lowest BCUT2D eigenvalue weighted by Crippen LogP contribution is -2.14. The smallest absolute Gasteiger partial charge is 0.101 e. The normalized spacial score (nSPS) is 12.6. The van der Waals surface area contributed by atoms with E-state index >= 15 is 0 Å². The van der Waals surface area contributed by atoms with Gasteiger partial charge in [-0.25, -0.2) is 0 Å². The van der Waals surface area contributed by atoms with Crippen LogP contribution in [0.15, 0.2) is 24.4 Å². The summed E-state index contributed by atoms with van der Waals surface area (Å²) in [6.45, 7) is 5.21. The lowest BCUT2D eigenvalue weighted by atomic mass is 10.0. The van der Waals surface area contributed by atoms with Gasteiger partial charge in [0.15, 0.2) is 0 Å². The van der Waals surface area contributed by atoms with Crippen molar-refractivity contribution in [1.82, 2.24) is 9.78 Å². The molecule has 1 aromatic heterocycles. The summed E-state index contributed by atoms with van der Waals surface area (Å²) in [5.41, 5.74) is 4.12. The maximum absolute atomic E-state index is 10.5. The minimum Gasteiger partial charge on any atom is -0.386 e. The summed E-state index contributed by atoms with van der Waals surface area (Å²) in [7, 11) is 1.64. The number of aliphatic hydroxyl groups excluding tert-OH is 1. The maximum atomic E-state index is 10.5. The van der Waals surface area contributed by atoms with Crippen molar-refractivity contribution in [2.75, 3.05) is 13.7 Å². The number of methoxy groups -OCH3 is 1. The summed E-state index contributed by atoms with van der Waals surface area (Å²) in [6, 6.07) is 6.28. The van der Waals surface area contributed by atoms with Crippen LogP contribution in [0.4, 0.5) is 0 Å². The van der Waals surface area contributed by atoms with E-state index in [2.05, 4.69) is 37.1 Å². The second-order valence-electron chi connectivity index (χ2n) is 5.31. The molecule has 0 saturated carbocycles. The molecule has 0 saturated heterocycles. The predicted octanol–water partition coefficient (Wildman–Crippen LogP) is 3.08. The van der Waals surface area contributed by atoms with Crippen molar-refractivity contribution in [3.8, 4) is 0 Å². The zero-order valence-electron chi connectivity index (χ0n) is 12.6. The Bertz CT molecular complexity index is 590. The Morgan fingerprint density at radius 2 is 1.95 bits per heavy atom. The zero-order valence-corrected chi connectivity index (χ0v) is 13.4. The molecule has 1 N–H and O–H groups in total. The average molecular weight is 309 g/mol. The summed E-state index contributed by atoms with van der Waals surface area (Å²) in [5, 5.41) is 15.2. The minimum absolute atomic E-state index is 0.489. The SMILES string of the molecule is COCCn1ncc(Cl)c1C(O)Cc1cc(C)cc(C)c1. The fourth-order valence-corrected chi connectivity index (χ4v) is 2.83. The van der Waals surface area contributed by atoms with E-state index < -0.39 is 6.10 Å². The number of halogens is 1. The number of ether oxygens (including phenoxy) is 1. The molecule has 21 heavy (non-hydrogen) atoms. The Kier molecular flexibility index (Phi) is 5.39. The summed E-state index contributed by atoms with van der Waals surface area (Å²) in [5.74, 6) is 0. The average Bonchev–Trinajstić information content (AvgIpc) is 2.76. The van der Waals surface area contributed by atoms with Gasteiger partial charge in [-0.3, -0.25) is 4.68 Å². The van der Waals surface area contributed by atoms with Crippen molar-refractivity contribution >= 4 is 11.6 Å². The summed E-state index contributed by atoms with van der Waals surface area (Å²) in [4.78, 5) is 0. The van der Waals surface area contributed by atoms with Crippen LogP contribution in [0, 0.1) is 13.8 Å². The van der Waals surface area contributed by atoms with Crippen molar-refractivity contribution in [3.05, 3.63) is 51.8 Å². The third-order valence-corrected chi connectivity index (χ3v) is 3.66. The zero-order chi connectivity index (χ0) is 15.4. The molecule has 1 atom stereocenters. The Morgan fingerprint density at radius 1 is 1.29 bits per heavy atom. The molecule has 4 nitrogen and oxygen atoms in total. The van der Waals surface area contributed by atoms with Crippen molar-refractivity contribution in [2.24, 2.45) is 0 Å². The van der Waals surface area contributed by atoms with Crippen LogP contribution in [0.3, 0.4) is 0 Å². The molecule has 1 unspecified atom stereocenters. The van der Waals surface area contributed by atoms with Gasteiger partial charge in [-0.15, -0.1) is 0 Å². The number of aromatic nitrogens is 2. The lowest BCUT2D eigenvalue weighted by molar-refractivity contribution is 0.153. The predicted molar refractivity (Wildman–Crippen MR) is 83.7 cm³/mol. The molecule has 0 bridgehead atoms. The van der Waals surface area contributed by atoms with Gasteiger partial charge in [-0.1, -0.05) is 40.9 Å². The molecule has 2 aromatic rings. The topological polar surface area (TPSA) is 47.3 Å². The van der Waals surface area contributed by atoms with E-state index in [-0.39, 0.29) is 0 Å². The van der Waals surface area contributed by atoms with Crippen LogP contribution in [0.2, 0.25) is 5.02 Å². The summed E-state index contributed by atoms with van der Waals surface area (Å²) in [6.07, 6.45) is 1.40. The van der Waals surface area contributed by atoms with Crippen molar-refractivity contribution in [1.29, 1.82) is 0 Å². The number of hydrogen-bond acceptors (Lipinski definition) is 3. The highest BCUT2D eigenvalue weighted by atomic mass is 35.5. The van der Waals surface area contributed by atoms with E-state index in [0.717, 1.165) is 5.56 Å². The summed E-state index contributed by atoms with van der Waals surface area (Å²) >= 11 is 6.16. The van der Waals surface area contributed by atoms with E-state index in [9.17, 15) is 5.11 Å². The van der Waals surface area contributed by atoms with Crippen molar-refractivity contribution < 1.29 is 9.84 Å². The molecule has 114 valence electrons. The highest BCUT2D eigenvalue weighted by Crippen LogP contribution is 2.26. The largest absolute Gasteiger partial charge is 0.386 e. The number of benzene rings is 1. The maximum Gasteiger partial charge on any atom is 0.101 e. The van der Waals surface area contributed by atoms with E-state index in [4.69, 9.17) is 16.3 Å². The first kappa shape index (κ1) is 16.0. The van der Waals surface area contributed by atoms with E-state index in [1.165, 1.54) is 11.1 Å². The molecule has 1 heterocycles. The van der Waals surface area contributed by atoms with Crippen LogP contribution >= 0.6 is 11.6 Å². The van der Waals surface area contributed by atoms with Gasteiger partial charge in [0.25, 0.3) is 0 Å². The van der Waals surface area contributed by atoms with Crippen LogP contribution in [0.1, 0.15) is 28.5 Å². The highest BCUT2D eigenvalue weighted by Gasteiger charge is 2.18. The molecule has 2 rings (SSSR count). The molecule has 0 fully saturated rings. The van der Waals surface area contributed by atoms with Gasteiger partial charge in [-0.05, 0) is 19.4 Å². The fraction of sp³-hybridized carbons (Fsp3) is 0.438. The Morgan fingerprint density at radius 3 is 2.57 bits per heavy atom. The van der Waals surface area contributed by atoms with Crippen molar-refractivity contribution in [3.63, 3.8) is 0 Å². The van der Waals surface area contributed by atoms with Gasteiger partial charge < -0.3 is 9.84 Å². The Balaban J connectivity index is 2.19. The van der Waals surface area contributed by atoms with Gasteiger partial charge in [0.1, 0.15) is 6.10 Å². The first-order valence-electron chi connectivity index (χ1n) is 6.96. The van der Waals surface area contributed by atoms with E-state index in [1.54, 1.807) is 18.0 Å². The molecule has 1 aromatic carbocycles. The van der Waals surface area contributed by atoms with Gasteiger partial charge in [0.2, 0.25) is 0 Å². The Labute approximate surface area is 130 Å². The van der Waals surface area contributed by atoms with E-state index in [0.29, 0.717) is 30.3 Å². The van der Waals surface area contributed by atoms with Crippen LogP contribution in [0.5, 0.6) is 0 Å². The van der Waals surface area contributed by atoms with Gasteiger partial charge >= 0.3 is 0 Å². The third kappa shape index (κ3) is 4.06. The molecular formula is C16H21ClN2O2. The highest BCUT2D eigenvalue weighted by molar-refractivity contribution is 6.31. The first-order valence-corrected chi connectivity index (χ1v) is 7.34.